The second kappa shape index (κ2) is 6.07. The molecule has 18 heavy (non-hydrogen) atoms. The van der Waals surface area contributed by atoms with Gasteiger partial charge in [-0.25, -0.2) is 4.79 Å². The molecule has 0 aromatic heterocycles. The molecule has 2 aliphatic rings. The molecule has 0 spiro atoms. The largest absolute Gasteiger partial charge is 0.480 e. The Balaban J connectivity index is 1.80. The molecule has 5 nitrogen and oxygen atoms in total. The Morgan fingerprint density at radius 1 is 1.17 bits per heavy atom. The van der Waals surface area contributed by atoms with Crippen LogP contribution in [0.5, 0.6) is 0 Å². The molecule has 0 saturated heterocycles. The maximum absolute atomic E-state index is 12.0. The minimum Gasteiger partial charge on any atom is -0.480 e. The Bertz CT molecular complexity index is 309. The van der Waals surface area contributed by atoms with E-state index in [2.05, 4.69) is 5.32 Å². The van der Waals surface area contributed by atoms with Gasteiger partial charge in [0.1, 0.15) is 6.54 Å². The van der Waals surface area contributed by atoms with Gasteiger partial charge in [0.05, 0.1) is 0 Å². The van der Waals surface area contributed by atoms with Gasteiger partial charge in [0.2, 0.25) is 0 Å². The maximum Gasteiger partial charge on any atom is 0.323 e. The molecule has 0 aromatic carbocycles. The van der Waals surface area contributed by atoms with E-state index >= 15 is 0 Å². The van der Waals surface area contributed by atoms with Crippen LogP contribution in [0.1, 0.15) is 44.9 Å². The van der Waals surface area contributed by atoms with Gasteiger partial charge in [-0.05, 0) is 25.2 Å². The third-order valence-corrected chi connectivity index (χ3v) is 3.86. The number of nitrogens with one attached hydrogen (secondary N) is 1. The molecule has 5 heteroatoms. The lowest BCUT2D eigenvalue weighted by Gasteiger charge is -2.27. The highest BCUT2D eigenvalue weighted by Crippen LogP contribution is 2.31. The lowest BCUT2D eigenvalue weighted by Crippen LogP contribution is -2.47. The molecule has 2 fully saturated rings. The molecule has 0 atom stereocenters. The van der Waals surface area contributed by atoms with Crippen molar-refractivity contribution in [3.8, 4) is 0 Å². The zero-order valence-corrected chi connectivity index (χ0v) is 10.7. The van der Waals surface area contributed by atoms with Crippen molar-refractivity contribution in [1.82, 2.24) is 10.2 Å². The zero-order valence-electron chi connectivity index (χ0n) is 10.7. The minimum absolute atomic E-state index is 0.113. The van der Waals surface area contributed by atoms with Gasteiger partial charge in [-0.15, -0.1) is 0 Å². The van der Waals surface area contributed by atoms with E-state index in [9.17, 15) is 9.59 Å². The van der Waals surface area contributed by atoms with E-state index in [1.807, 2.05) is 0 Å². The average Bonchev–Trinajstić information content (AvgIpc) is 2.98. The van der Waals surface area contributed by atoms with Gasteiger partial charge >= 0.3 is 12.0 Å². The Labute approximate surface area is 108 Å². The van der Waals surface area contributed by atoms with Gasteiger partial charge in [0.25, 0.3) is 0 Å². The summed E-state index contributed by atoms with van der Waals surface area (Å²) in [5, 5.41) is 11.8. The van der Waals surface area contributed by atoms with Crippen LogP contribution >= 0.6 is 0 Å². The number of carbonyl (C=O) groups excluding carboxylic acids is 1. The van der Waals surface area contributed by atoms with Gasteiger partial charge < -0.3 is 15.3 Å². The van der Waals surface area contributed by atoms with Crippen LogP contribution in [-0.2, 0) is 4.79 Å². The molecule has 0 aromatic rings. The summed E-state index contributed by atoms with van der Waals surface area (Å²) >= 11 is 0. The number of carbonyl (C=O) groups is 2. The fraction of sp³-hybridized carbons (Fsp3) is 0.846. The lowest BCUT2D eigenvalue weighted by atomic mass is 10.2. The van der Waals surface area contributed by atoms with Gasteiger partial charge in [-0.2, -0.15) is 0 Å². The van der Waals surface area contributed by atoms with Crippen molar-refractivity contribution < 1.29 is 14.7 Å². The molecule has 0 radical (unpaired) electrons. The summed E-state index contributed by atoms with van der Waals surface area (Å²) in [7, 11) is 0. The van der Waals surface area contributed by atoms with Crippen LogP contribution in [0.2, 0.25) is 0 Å². The predicted molar refractivity (Wildman–Crippen MR) is 67.3 cm³/mol. The first-order valence-electron chi connectivity index (χ1n) is 6.93. The van der Waals surface area contributed by atoms with Crippen molar-refractivity contribution in [3.63, 3.8) is 0 Å². The van der Waals surface area contributed by atoms with Crippen LogP contribution in [0.25, 0.3) is 0 Å². The van der Waals surface area contributed by atoms with Crippen LogP contribution in [-0.4, -0.2) is 41.1 Å². The summed E-state index contributed by atoms with van der Waals surface area (Å²) in [6, 6.07) is -0.0908. The van der Waals surface area contributed by atoms with E-state index in [1.54, 1.807) is 0 Å². The van der Waals surface area contributed by atoms with Gasteiger partial charge in [-0.3, -0.25) is 4.79 Å². The molecule has 2 rings (SSSR count). The highest BCUT2D eigenvalue weighted by molar-refractivity contribution is 5.80. The highest BCUT2D eigenvalue weighted by atomic mass is 16.4. The molecular weight excluding hydrogens is 232 g/mol. The molecule has 2 saturated carbocycles. The summed E-state index contributed by atoms with van der Waals surface area (Å²) in [5.74, 6) is -0.149. The van der Waals surface area contributed by atoms with Crippen molar-refractivity contribution in [1.29, 1.82) is 0 Å². The number of hydrogen-bond acceptors (Lipinski definition) is 2. The molecule has 2 N–H and O–H groups in total. The Hall–Kier alpha value is -1.26. The normalized spacial score (nSPS) is 19.8. The zero-order chi connectivity index (χ0) is 13.0. The second-order valence-electron chi connectivity index (χ2n) is 5.42. The van der Waals surface area contributed by atoms with E-state index in [-0.39, 0.29) is 18.6 Å². The number of hydrogen-bond donors (Lipinski definition) is 2. The first kappa shape index (κ1) is 13.2. The van der Waals surface area contributed by atoms with E-state index < -0.39 is 5.97 Å². The molecule has 0 unspecified atom stereocenters. The standard InChI is InChI=1S/C13H22N2O3/c16-12(17)9-15(11-3-1-2-4-11)13(18)14-8-7-10-5-6-10/h10-11H,1-9H2,(H,14,18)(H,16,17). The van der Waals surface area contributed by atoms with Crippen molar-refractivity contribution >= 4 is 12.0 Å². The molecular formula is C13H22N2O3. The number of carboxylic acids is 1. The molecule has 2 aliphatic carbocycles. The summed E-state index contributed by atoms with van der Waals surface area (Å²) in [6.07, 6.45) is 7.63. The van der Waals surface area contributed by atoms with Crippen molar-refractivity contribution in [2.45, 2.75) is 51.0 Å². The van der Waals surface area contributed by atoms with E-state index in [0.717, 1.165) is 38.0 Å². The number of urea groups is 1. The van der Waals surface area contributed by atoms with Gasteiger partial charge in [0, 0.05) is 12.6 Å². The fourth-order valence-electron chi connectivity index (χ4n) is 2.62. The number of aliphatic carboxylic acids is 1. The summed E-state index contributed by atoms with van der Waals surface area (Å²) in [4.78, 5) is 24.4. The third-order valence-electron chi connectivity index (χ3n) is 3.86. The van der Waals surface area contributed by atoms with E-state index in [1.165, 1.54) is 17.7 Å². The summed E-state index contributed by atoms with van der Waals surface area (Å²) in [5.41, 5.74) is 0. The molecule has 0 aliphatic heterocycles. The van der Waals surface area contributed by atoms with Gasteiger partial charge in [-0.1, -0.05) is 25.7 Å². The van der Waals surface area contributed by atoms with Crippen LogP contribution in [0.15, 0.2) is 0 Å². The molecule has 102 valence electrons. The van der Waals surface area contributed by atoms with Gasteiger partial charge in [0.15, 0.2) is 0 Å². The van der Waals surface area contributed by atoms with Crippen molar-refractivity contribution in [3.05, 3.63) is 0 Å². The van der Waals surface area contributed by atoms with E-state index in [4.69, 9.17) is 5.11 Å². The topological polar surface area (TPSA) is 69.6 Å². The summed E-state index contributed by atoms with van der Waals surface area (Å²) < 4.78 is 0. The van der Waals surface area contributed by atoms with E-state index in [0.29, 0.717) is 6.54 Å². The number of carboxylic acid groups (broad SMARTS) is 1. The minimum atomic E-state index is -0.931. The first-order chi connectivity index (χ1) is 8.66. The van der Waals surface area contributed by atoms with Crippen LogP contribution in [0, 0.1) is 5.92 Å². The predicted octanol–water partition coefficient (Wildman–Crippen LogP) is 1.83. The molecule has 0 bridgehead atoms. The highest BCUT2D eigenvalue weighted by Gasteiger charge is 2.28. The SMILES string of the molecule is O=C(O)CN(C(=O)NCCC1CC1)C1CCCC1. The molecule has 2 amide bonds. The quantitative estimate of drug-likeness (QED) is 0.759. The Morgan fingerprint density at radius 2 is 1.83 bits per heavy atom. The summed E-state index contributed by atoms with van der Waals surface area (Å²) in [6.45, 7) is 0.492. The van der Waals surface area contributed by atoms with Crippen molar-refractivity contribution in [2.75, 3.05) is 13.1 Å². The maximum atomic E-state index is 12.0. The second-order valence-corrected chi connectivity index (χ2v) is 5.42. The molecule has 0 heterocycles. The number of nitrogens with zero attached hydrogens (tertiary/aromatic N) is 1. The monoisotopic (exact) mass is 254 g/mol. The first-order valence-corrected chi connectivity index (χ1v) is 6.93. The average molecular weight is 254 g/mol. The number of amides is 2. The van der Waals surface area contributed by atoms with Crippen LogP contribution in [0.4, 0.5) is 4.79 Å². The Kier molecular flexibility index (Phi) is 4.44. The van der Waals surface area contributed by atoms with Crippen LogP contribution in [0.3, 0.4) is 0 Å². The Morgan fingerprint density at radius 3 is 2.39 bits per heavy atom. The number of rotatable bonds is 6. The smallest absolute Gasteiger partial charge is 0.323 e. The lowest BCUT2D eigenvalue weighted by molar-refractivity contribution is -0.138. The third kappa shape index (κ3) is 3.89. The fourth-order valence-corrected chi connectivity index (χ4v) is 2.62. The van der Waals surface area contributed by atoms with Crippen LogP contribution < -0.4 is 5.32 Å². The van der Waals surface area contributed by atoms with Crippen molar-refractivity contribution in [2.24, 2.45) is 5.92 Å².